The molecule has 3 aliphatic rings. The van der Waals surface area contributed by atoms with Crippen LogP contribution < -0.4 is 5.73 Å². The molecule has 1 saturated carbocycles. The van der Waals surface area contributed by atoms with E-state index in [1.807, 2.05) is 37.3 Å². The van der Waals surface area contributed by atoms with E-state index in [-0.39, 0.29) is 36.1 Å². The Bertz CT molecular complexity index is 1460. The van der Waals surface area contributed by atoms with Crippen LogP contribution in [0.1, 0.15) is 61.8 Å². The number of fused-ring (bicyclic) bond motifs is 3. The predicted molar refractivity (Wildman–Crippen MR) is 140 cm³/mol. The number of aromatic hydroxyl groups is 1. The molecule has 0 aliphatic heterocycles. The fourth-order valence-corrected chi connectivity index (χ4v) is 6.32. The monoisotopic (exact) mass is 517 g/mol. The Kier molecular flexibility index (Phi) is 5.98. The standard InChI is InChI=1S/C30H31NO7/c1-4-14-10-19(16-7-5-15(6-8-16)13(2)3)20-11-17-9-18-12-21(32)24(29(31)37)28(36)30(18,38)27(35)22(17)26(34)23(20)25(14)33/h5-8,10,13,17-18,33-34,36,38H,4,9,11-12H2,1-3H3,(H2,31,37)/t17-,18+,30+/m1/s1. The van der Waals surface area contributed by atoms with Crippen molar-refractivity contribution >= 4 is 23.2 Å². The number of phenols is 1. The summed E-state index contributed by atoms with van der Waals surface area (Å²) in [4.78, 5) is 38.1. The Hall–Kier alpha value is -3.91. The number of carbonyl (C=O) groups excluding carboxylic acids is 3. The van der Waals surface area contributed by atoms with E-state index in [0.717, 1.165) is 11.1 Å². The Morgan fingerprint density at radius 2 is 1.76 bits per heavy atom. The van der Waals surface area contributed by atoms with Crippen molar-refractivity contribution in [2.45, 2.75) is 58.0 Å². The number of hydrogen-bond donors (Lipinski definition) is 5. The van der Waals surface area contributed by atoms with E-state index >= 15 is 0 Å². The number of aryl methyl sites for hydroxylation is 1. The second-order valence-electron chi connectivity index (χ2n) is 10.8. The molecule has 0 saturated heterocycles. The molecule has 3 aliphatic carbocycles. The second kappa shape index (κ2) is 8.84. The van der Waals surface area contributed by atoms with Crippen LogP contribution in [0, 0.1) is 11.8 Å². The Morgan fingerprint density at radius 1 is 1.11 bits per heavy atom. The van der Waals surface area contributed by atoms with Crippen molar-refractivity contribution in [3.8, 4) is 16.9 Å². The number of phenolic OH excluding ortho intramolecular Hbond substituents is 1. The molecule has 0 aromatic heterocycles. The molecule has 198 valence electrons. The Labute approximate surface area is 220 Å². The van der Waals surface area contributed by atoms with Gasteiger partial charge in [0.2, 0.25) is 5.78 Å². The van der Waals surface area contributed by atoms with Crippen molar-refractivity contribution in [3.05, 3.63) is 69.5 Å². The molecule has 8 heteroatoms. The Morgan fingerprint density at radius 3 is 2.34 bits per heavy atom. The quantitative estimate of drug-likeness (QED) is 0.386. The lowest BCUT2D eigenvalue weighted by Crippen LogP contribution is -2.58. The van der Waals surface area contributed by atoms with Gasteiger partial charge in [0, 0.05) is 17.9 Å². The topological polar surface area (TPSA) is 158 Å². The molecular weight excluding hydrogens is 486 g/mol. The summed E-state index contributed by atoms with van der Waals surface area (Å²) >= 11 is 0. The van der Waals surface area contributed by atoms with Gasteiger partial charge in [-0.3, -0.25) is 14.4 Å². The van der Waals surface area contributed by atoms with E-state index in [0.29, 0.717) is 23.5 Å². The van der Waals surface area contributed by atoms with Crippen LogP contribution in [0.25, 0.3) is 16.9 Å². The first-order valence-electron chi connectivity index (χ1n) is 12.9. The van der Waals surface area contributed by atoms with E-state index in [9.17, 15) is 34.8 Å². The van der Waals surface area contributed by atoms with Crippen LogP contribution in [0.4, 0.5) is 0 Å². The molecule has 38 heavy (non-hydrogen) atoms. The van der Waals surface area contributed by atoms with Gasteiger partial charge in [0.05, 0.1) is 5.56 Å². The number of aliphatic hydroxyl groups is 3. The zero-order valence-electron chi connectivity index (χ0n) is 21.5. The van der Waals surface area contributed by atoms with Gasteiger partial charge in [-0.2, -0.15) is 0 Å². The molecule has 2 aromatic carbocycles. The number of nitrogens with two attached hydrogens (primary N) is 1. The van der Waals surface area contributed by atoms with Gasteiger partial charge in [-0.15, -0.1) is 0 Å². The summed E-state index contributed by atoms with van der Waals surface area (Å²) in [6.07, 6.45) is 0.499. The zero-order chi connectivity index (χ0) is 27.7. The number of carbonyl (C=O) groups is 3. The van der Waals surface area contributed by atoms with Gasteiger partial charge in [-0.05, 0) is 65.0 Å². The SMILES string of the molecule is CCc1cc(-c2ccc(C(C)C)cc2)c2c(c1O)C(O)=C1C(=O)[C@]3(O)C(O)=C(C(N)=O)C(=O)C[C@@H]3C[C@@H]1C2. The van der Waals surface area contributed by atoms with Crippen molar-refractivity contribution in [1.29, 1.82) is 0 Å². The van der Waals surface area contributed by atoms with Crippen molar-refractivity contribution in [2.24, 2.45) is 17.6 Å². The van der Waals surface area contributed by atoms with Gasteiger partial charge in [0.25, 0.3) is 5.91 Å². The molecule has 0 radical (unpaired) electrons. The van der Waals surface area contributed by atoms with E-state index in [2.05, 4.69) is 13.8 Å². The smallest absolute Gasteiger partial charge is 0.255 e. The number of hydrogen-bond acceptors (Lipinski definition) is 7. The molecule has 8 nitrogen and oxygen atoms in total. The fraction of sp³-hybridized carbons (Fsp3) is 0.367. The maximum Gasteiger partial charge on any atom is 0.255 e. The molecule has 0 spiro atoms. The number of benzene rings is 2. The largest absolute Gasteiger partial charge is 0.508 e. The average Bonchev–Trinajstić information content (AvgIpc) is 2.86. The van der Waals surface area contributed by atoms with Crippen LogP contribution in [0.2, 0.25) is 0 Å². The lowest BCUT2D eigenvalue weighted by atomic mass is 9.59. The molecular formula is C30H31NO7. The maximum atomic E-state index is 13.7. The number of Topliss-reactive ketones (excluding diaryl/α,β-unsaturated/α-hetero) is 2. The van der Waals surface area contributed by atoms with E-state index in [4.69, 9.17) is 5.73 Å². The van der Waals surface area contributed by atoms with Gasteiger partial charge in [-0.1, -0.05) is 45.0 Å². The average molecular weight is 518 g/mol. The first-order chi connectivity index (χ1) is 17.9. The first kappa shape index (κ1) is 25.7. The van der Waals surface area contributed by atoms with Crippen molar-refractivity contribution in [3.63, 3.8) is 0 Å². The van der Waals surface area contributed by atoms with Crippen LogP contribution in [0.15, 0.2) is 47.2 Å². The Balaban J connectivity index is 1.72. The second-order valence-corrected chi connectivity index (χ2v) is 10.8. The third-order valence-corrected chi connectivity index (χ3v) is 8.41. The summed E-state index contributed by atoms with van der Waals surface area (Å²) in [7, 11) is 0. The molecule has 2 aromatic rings. The summed E-state index contributed by atoms with van der Waals surface area (Å²) in [5.74, 6) is -5.86. The highest BCUT2D eigenvalue weighted by atomic mass is 16.3. The van der Waals surface area contributed by atoms with Gasteiger partial charge < -0.3 is 26.2 Å². The minimum atomic E-state index is -2.57. The molecule has 5 rings (SSSR count). The van der Waals surface area contributed by atoms with Crippen LogP contribution in [-0.4, -0.2) is 43.5 Å². The first-order valence-corrected chi connectivity index (χ1v) is 12.9. The fourth-order valence-electron chi connectivity index (χ4n) is 6.32. The van der Waals surface area contributed by atoms with Gasteiger partial charge >= 0.3 is 0 Å². The number of primary amides is 1. The molecule has 0 heterocycles. The summed E-state index contributed by atoms with van der Waals surface area (Å²) in [5.41, 5.74) is 6.02. The third-order valence-electron chi connectivity index (χ3n) is 8.41. The van der Waals surface area contributed by atoms with Gasteiger partial charge in [0.1, 0.15) is 22.8 Å². The summed E-state index contributed by atoms with van der Waals surface area (Å²) in [6, 6.07) is 9.97. The van der Waals surface area contributed by atoms with Gasteiger partial charge in [-0.25, -0.2) is 0 Å². The maximum absolute atomic E-state index is 13.7. The van der Waals surface area contributed by atoms with Crippen molar-refractivity contribution < 1.29 is 34.8 Å². The summed E-state index contributed by atoms with van der Waals surface area (Å²) in [5, 5.41) is 44.7. The highest BCUT2D eigenvalue weighted by molar-refractivity contribution is 6.22. The normalized spacial score (nSPS) is 24.9. The van der Waals surface area contributed by atoms with Crippen LogP contribution in [-0.2, 0) is 27.2 Å². The lowest BCUT2D eigenvalue weighted by Gasteiger charge is -2.46. The summed E-state index contributed by atoms with van der Waals surface area (Å²) < 4.78 is 0. The van der Waals surface area contributed by atoms with Crippen molar-refractivity contribution in [1.82, 2.24) is 0 Å². The minimum Gasteiger partial charge on any atom is -0.508 e. The molecule has 1 amide bonds. The summed E-state index contributed by atoms with van der Waals surface area (Å²) in [6.45, 7) is 6.08. The predicted octanol–water partition coefficient (Wildman–Crippen LogP) is 3.78. The molecule has 3 atom stereocenters. The number of rotatable bonds is 4. The highest BCUT2D eigenvalue weighted by Gasteiger charge is 2.60. The molecule has 6 N–H and O–H groups in total. The van der Waals surface area contributed by atoms with E-state index in [1.165, 1.54) is 5.56 Å². The molecule has 0 bridgehead atoms. The molecule has 0 unspecified atom stereocenters. The lowest BCUT2D eigenvalue weighted by molar-refractivity contribution is -0.147. The number of aliphatic hydroxyl groups excluding tert-OH is 2. The van der Waals surface area contributed by atoms with Crippen LogP contribution in [0.3, 0.4) is 0 Å². The van der Waals surface area contributed by atoms with E-state index < -0.39 is 52.0 Å². The minimum absolute atomic E-state index is 0.102. The highest BCUT2D eigenvalue weighted by Crippen LogP contribution is 2.53. The zero-order valence-corrected chi connectivity index (χ0v) is 21.5. The third kappa shape index (κ3) is 3.50. The number of amides is 1. The van der Waals surface area contributed by atoms with Crippen LogP contribution in [0.5, 0.6) is 5.75 Å². The van der Waals surface area contributed by atoms with Crippen LogP contribution >= 0.6 is 0 Å². The number of ketones is 2. The van der Waals surface area contributed by atoms with Crippen molar-refractivity contribution in [2.75, 3.05) is 0 Å². The van der Waals surface area contributed by atoms with Gasteiger partial charge in [0.15, 0.2) is 11.4 Å². The molecule has 1 fully saturated rings. The van der Waals surface area contributed by atoms with E-state index in [1.54, 1.807) is 0 Å².